The highest BCUT2D eigenvalue weighted by Crippen LogP contribution is 2.42. The second-order valence-electron chi connectivity index (χ2n) is 6.40. The zero-order chi connectivity index (χ0) is 14.6. The predicted octanol–water partition coefficient (Wildman–Crippen LogP) is -0.647. The minimum absolute atomic E-state index is 0.129. The van der Waals surface area contributed by atoms with Crippen LogP contribution in [0.2, 0.25) is 0 Å². The van der Waals surface area contributed by atoms with Gasteiger partial charge in [0.2, 0.25) is 11.8 Å². The summed E-state index contributed by atoms with van der Waals surface area (Å²) in [4.78, 5) is 25.5. The maximum Gasteiger partial charge on any atom is 0.246 e. The Morgan fingerprint density at radius 3 is 2.47 bits per heavy atom. The Kier molecular flexibility index (Phi) is 3.14. The molecule has 4 atom stereocenters. The van der Waals surface area contributed by atoms with Crippen LogP contribution >= 0.6 is 0 Å². The third-order valence-electron chi connectivity index (χ3n) is 4.44. The van der Waals surface area contributed by atoms with Crippen molar-refractivity contribution >= 4 is 11.8 Å². The van der Waals surface area contributed by atoms with Gasteiger partial charge in [0.05, 0.1) is 11.6 Å². The Morgan fingerprint density at radius 2 is 2.16 bits per heavy atom. The van der Waals surface area contributed by atoms with Crippen LogP contribution in [0.3, 0.4) is 0 Å². The Bertz CT molecular complexity index is 418. The monoisotopic (exact) mass is 269 g/mol. The SMILES string of the molecule is CC1CCC2(N1)C(=O)N([C@H](C(N)=O)C(C)(C)O)C2C. The van der Waals surface area contributed by atoms with E-state index in [1.165, 1.54) is 18.7 Å². The highest BCUT2D eigenvalue weighted by molar-refractivity contribution is 5.98. The van der Waals surface area contributed by atoms with Crippen LogP contribution < -0.4 is 11.1 Å². The highest BCUT2D eigenvalue weighted by Gasteiger charge is 2.64. The standard InChI is InChI=1S/C13H23N3O3/c1-7-5-6-13(15-7)8(2)16(11(13)18)9(10(14)17)12(3,4)19/h7-9,15,19H,5-6H2,1-4H3,(H2,14,17)/t7?,8?,9-,13?/m1/s1. The summed E-state index contributed by atoms with van der Waals surface area (Å²) in [7, 11) is 0. The van der Waals surface area contributed by atoms with Crippen molar-refractivity contribution in [1.82, 2.24) is 10.2 Å². The average Bonchev–Trinajstić information content (AvgIpc) is 2.67. The number of likely N-dealkylation sites (tertiary alicyclic amines) is 1. The van der Waals surface area contributed by atoms with Gasteiger partial charge in [-0.3, -0.25) is 14.9 Å². The van der Waals surface area contributed by atoms with Crippen LogP contribution in [0.4, 0.5) is 0 Å². The van der Waals surface area contributed by atoms with Gasteiger partial charge in [0.15, 0.2) is 0 Å². The molecule has 4 N–H and O–H groups in total. The first-order valence-corrected chi connectivity index (χ1v) is 6.73. The molecule has 2 aliphatic rings. The summed E-state index contributed by atoms with van der Waals surface area (Å²) < 4.78 is 0. The van der Waals surface area contributed by atoms with Gasteiger partial charge in [-0.2, -0.15) is 0 Å². The third kappa shape index (κ3) is 1.94. The fourth-order valence-corrected chi connectivity index (χ4v) is 3.45. The van der Waals surface area contributed by atoms with Crippen molar-refractivity contribution in [3.63, 3.8) is 0 Å². The summed E-state index contributed by atoms with van der Waals surface area (Å²) >= 11 is 0. The predicted molar refractivity (Wildman–Crippen MR) is 70.2 cm³/mol. The normalized spacial score (nSPS) is 36.5. The molecule has 108 valence electrons. The molecule has 0 aromatic rings. The molecule has 2 heterocycles. The number of carbonyl (C=O) groups excluding carboxylic acids is 2. The van der Waals surface area contributed by atoms with Crippen LogP contribution in [0.25, 0.3) is 0 Å². The molecule has 0 bridgehead atoms. The molecule has 2 fully saturated rings. The van der Waals surface area contributed by atoms with E-state index in [0.717, 1.165) is 12.8 Å². The third-order valence-corrected chi connectivity index (χ3v) is 4.44. The minimum atomic E-state index is -1.35. The average molecular weight is 269 g/mol. The maximum atomic E-state index is 12.5. The highest BCUT2D eigenvalue weighted by atomic mass is 16.3. The molecule has 1 spiro atoms. The van der Waals surface area contributed by atoms with Gasteiger partial charge < -0.3 is 15.7 Å². The van der Waals surface area contributed by atoms with E-state index < -0.39 is 23.1 Å². The summed E-state index contributed by atoms with van der Waals surface area (Å²) in [6, 6.07) is -0.838. The molecule has 2 aliphatic heterocycles. The van der Waals surface area contributed by atoms with Crippen LogP contribution in [0.1, 0.15) is 40.5 Å². The van der Waals surface area contributed by atoms with Crippen LogP contribution in [-0.2, 0) is 9.59 Å². The van der Waals surface area contributed by atoms with Crippen molar-refractivity contribution in [2.45, 2.75) is 69.8 Å². The van der Waals surface area contributed by atoms with E-state index >= 15 is 0 Å². The fraction of sp³-hybridized carbons (Fsp3) is 0.846. The van der Waals surface area contributed by atoms with Gasteiger partial charge in [0.1, 0.15) is 11.6 Å². The molecule has 2 saturated heterocycles. The molecular weight excluding hydrogens is 246 g/mol. The Morgan fingerprint density at radius 1 is 1.58 bits per heavy atom. The van der Waals surface area contributed by atoms with Gasteiger partial charge in [-0.05, 0) is 40.5 Å². The number of hydrogen-bond donors (Lipinski definition) is 3. The van der Waals surface area contributed by atoms with E-state index in [0.29, 0.717) is 6.04 Å². The Balaban J connectivity index is 2.25. The summed E-state index contributed by atoms with van der Waals surface area (Å²) in [5, 5.41) is 13.4. The first-order chi connectivity index (χ1) is 8.61. The van der Waals surface area contributed by atoms with Crippen molar-refractivity contribution in [2.75, 3.05) is 0 Å². The summed E-state index contributed by atoms with van der Waals surface area (Å²) in [5.41, 5.74) is 3.44. The lowest BCUT2D eigenvalue weighted by atomic mass is 9.75. The van der Waals surface area contributed by atoms with E-state index in [1.807, 2.05) is 13.8 Å². The molecule has 0 aromatic carbocycles. The quantitative estimate of drug-likeness (QED) is 0.593. The van der Waals surface area contributed by atoms with Crippen molar-refractivity contribution in [1.29, 1.82) is 0 Å². The van der Waals surface area contributed by atoms with E-state index in [1.54, 1.807) is 0 Å². The van der Waals surface area contributed by atoms with Gasteiger partial charge in [-0.25, -0.2) is 0 Å². The second-order valence-corrected chi connectivity index (χ2v) is 6.40. The number of amides is 2. The minimum Gasteiger partial charge on any atom is -0.388 e. The van der Waals surface area contributed by atoms with Crippen molar-refractivity contribution in [3.8, 4) is 0 Å². The summed E-state index contributed by atoms with van der Waals surface area (Å²) in [6.45, 7) is 6.93. The number of rotatable bonds is 3. The van der Waals surface area contributed by atoms with Crippen LogP contribution in [0, 0.1) is 0 Å². The number of nitrogens with zero attached hydrogens (tertiary/aromatic N) is 1. The fourth-order valence-electron chi connectivity index (χ4n) is 3.45. The number of β-lactam (4-membered cyclic amide) rings is 1. The van der Waals surface area contributed by atoms with E-state index in [4.69, 9.17) is 5.73 Å². The second kappa shape index (κ2) is 4.18. The molecule has 3 unspecified atom stereocenters. The molecule has 2 rings (SSSR count). The number of nitrogens with two attached hydrogens (primary N) is 1. The van der Waals surface area contributed by atoms with Gasteiger partial charge in [0, 0.05) is 6.04 Å². The molecular formula is C13H23N3O3. The first kappa shape index (κ1) is 14.3. The Labute approximate surface area is 113 Å². The van der Waals surface area contributed by atoms with E-state index in [2.05, 4.69) is 5.32 Å². The van der Waals surface area contributed by atoms with Gasteiger partial charge in [-0.15, -0.1) is 0 Å². The smallest absolute Gasteiger partial charge is 0.246 e. The van der Waals surface area contributed by atoms with Gasteiger partial charge in [-0.1, -0.05) is 0 Å². The number of aliphatic hydroxyl groups is 1. The first-order valence-electron chi connectivity index (χ1n) is 6.73. The molecule has 0 aliphatic carbocycles. The lowest BCUT2D eigenvalue weighted by Crippen LogP contribution is -2.82. The van der Waals surface area contributed by atoms with E-state index in [9.17, 15) is 14.7 Å². The Hall–Kier alpha value is -1.14. The van der Waals surface area contributed by atoms with Gasteiger partial charge >= 0.3 is 0 Å². The van der Waals surface area contributed by atoms with E-state index in [-0.39, 0.29) is 11.9 Å². The molecule has 6 nitrogen and oxygen atoms in total. The molecule has 0 saturated carbocycles. The van der Waals surface area contributed by atoms with Crippen LogP contribution in [0.15, 0.2) is 0 Å². The zero-order valence-electron chi connectivity index (χ0n) is 11.9. The van der Waals surface area contributed by atoms with Crippen LogP contribution in [0.5, 0.6) is 0 Å². The summed E-state index contributed by atoms with van der Waals surface area (Å²) in [5.74, 6) is -0.802. The van der Waals surface area contributed by atoms with Crippen molar-refractivity contribution < 1.29 is 14.7 Å². The van der Waals surface area contributed by atoms with Crippen molar-refractivity contribution in [2.24, 2.45) is 5.73 Å². The summed E-state index contributed by atoms with van der Waals surface area (Å²) in [6.07, 6.45) is 1.70. The molecule has 6 heteroatoms. The molecule has 2 amide bonds. The molecule has 0 radical (unpaired) electrons. The lowest BCUT2D eigenvalue weighted by molar-refractivity contribution is -0.178. The van der Waals surface area contributed by atoms with Crippen LogP contribution in [-0.4, -0.2) is 51.1 Å². The maximum absolute atomic E-state index is 12.5. The number of hydrogen-bond acceptors (Lipinski definition) is 4. The van der Waals surface area contributed by atoms with Gasteiger partial charge in [0.25, 0.3) is 0 Å². The topological polar surface area (TPSA) is 95.7 Å². The number of carbonyl (C=O) groups is 2. The molecule has 19 heavy (non-hydrogen) atoms. The van der Waals surface area contributed by atoms with Crippen molar-refractivity contribution in [3.05, 3.63) is 0 Å². The zero-order valence-corrected chi connectivity index (χ0v) is 11.9. The lowest BCUT2D eigenvalue weighted by Gasteiger charge is -2.57. The number of primary amides is 1. The molecule has 0 aromatic heterocycles. The number of nitrogens with one attached hydrogen (secondary N) is 1. The largest absolute Gasteiger partial charge is 0.388 e.